The van der Waals surface area contributed by atoms with Gasteiger partial charge in [0.15, 0.2) is 12.4 Å². The molecule has 1 amide bonds. The van der Waals surface area contributed by atoms with Crippen LogP contribution < -0.4 is 9.47 Å². The number of fused-ring (bicyclic) bond motifs is 2. The standard InChI is InChI=1S/C27H24F3N3O3/c1-18-16-32(13-14-33(18)25(34)17-35-20-7-3-2-4-8-20)26-21-9-5-6-10-23(21)36-24-15-19(27(28,29)30)11-12-22(24)31-26/h2-12,15,18H,13-14,16-17H2,1H3/t18-/m0/s1. The van der Waals surface area contributed by atoms with Gasteiger partial charge in [-0.15, -0.1) is 0 Å². The number of amidine groups is 1. The average molecular weight is 496 g/mol. The van der Waals surface area contributed by atoms with E-state index in [4.69, 9.17) is 14.5 Å². The Morgan fingerprint density at radius 2 is 1.78 bits per heavy atom. The summed E-state index contributed by atoms with van der Waals surface area (Å²) in [6, 6.07) is 19.5. The van der Waals surface area contributed by atoms with Crippen LogP contribution in [0.4, 0.5) is 18.9 Å². The monoisotopic (exact) mass is 495 g/mol. The van der Waals surface area contributed by atoms with Crippen LogP contribution in [0.1, 0.15) is 18.1 Å². The molecule has 0 spiro atoms. The van der Waals surface area contributed by atoms with Gasteiger partial charge < -0.3 is 19.3 Å². The van der Waals surface area contributed by atoms with E-state index in [9.17, 15) is 18.0 Å². The van der Waals surface area contributed by atoms with E-state index >= 15 is 0 Å². The summed E-state index contributed by atoms with van der Waals surface area (Å²) in [7, 11) is 0. The maximum atomic E-state index is 13.3. The number of aliphatic imine (C=N–C) groups is 1. The molecular weight excluding hydrogens is 471 g/mol. The zero-order valence-corrected chi connectivity index (χ0v) is 19.5. The fraction of sp³-hybridized carbons (Fsp3) is 0.259. The molecule has 186 valence electrons. The fourth-order valence-corrected chi connectivity index (χ4v) is 4.40. The highest BCUT2D eigenvalue weighted by Gasteiger charge is 2.34. The third kappa shape index (κ3) is 4.86. The average Bonchev–Trinajstić information content (AvgIpc) is 3.03. The van der Waals surface area contributed by atoms with Crippen molar-refractivity contribution in [2.24, 2.45) is 4.99 Å². The Morgan fingerprint density at radius 1 is 1.03 bits per heavy atom. The number of nitrogens with zero attached hydrogens (tertiary/aromatic N) is 3. The molecule has 5 rings (SSSR count). The van der Waals surface area contributed by atoms with Crippen molar-refractivity contribution in [2.75, 3.05) is 26.2 Å². The van der Waals surface area contributed by atoms with Crippen molar-refractivity contribution in [3.8, 4) is 17.2 Å². The van der Waals surface area contributed by atoms with Gasteiger partial charge in [0.25, 0.3) is 5.91 Å². The third-order valence-electron chi connectivity index (χ3n) is 6.21. The Labute approximate surface area is 206 Å². The van der Waals surface area contributed by atoms with Crippen molar-refractivity contribution >= 4 is 17.4 Å². The first-order chi connectivity index (χ1) is 17.3. The van der Waals surface area contributed by atoms with Crippen LogP contribution in [-0.2, 0) is 11.0 Å². The molecule has 0 aliphatic carbocycles. The smallest absolute Gasteiger partial charge is 0.416 e. The number of alkyl halides is 3. The Morgan fingerprint density at radius 3 is 2.53 bits per heavy atom. The van der Waals surface area contributed by atoms with Crippen molar-refractivity contribution in [2.45, 2.75) is 19.1 Å². The molecule has 3 aromatic carbocycles. The lowest BCUT2D eigenvalue weighted by atomic mass is 10.1. The van der Waals surface area contributed by atoms with Gasteiger partial charge in [-0.3, -0.25) is 4.79 Å². The Kier molecular flexibility index (Phi) is 6.30. The zero-order valence-electron chi connectivity index (χ0n) is 19.5. The zero-order chi connectivity index (χ0) is 25.3. The maximum absolute atomic E-state index is 13.3. The first-order valence-corrected chi connectivity index (χ1v) is 11.6. The summed E-state index contributed by atoms with van der Waals surface area (Å²) in [6.07, 6.45) is -4.49. The van der Waals surface area contributed by atoms with E-state index in [0.717, 1.165) is 12.1 Å². The summed E-state index contributed by atoms with van der Waals surface area (Å²) in [4.78, 5) is 21.4. The summed E-state index contributed by atoms with van der Waals surface area (Å²) < 4.78 is 51.4. The molecule has 6 nitrogen and oxygen atoms in total. The molecule has 0 aromatic heterocycles. The highest BCUT2D eigenvalue weighted by Crippen LogP contribution is 2.42. The van der Waals surface area contributed by atoms with Crippen molar-refractivity contribution in [1.82, 2.24) is 9.80 Å². The summed E-state index contributed by atoms with van der Waals surface area (Å²) in [5.41, 5.74) is 0.203. The second-order valence-corrected chi connectivity index (χ2v) is 8.70. The number of halogens is 3. The maximum Gasteiger partial charge on any atom is 0.416 e. The minimum absolute atomic E-state index is 0.0483. The van der Waals surface area contributed by atoms with Gasteiger partial charge in [-0.25, -0.2) is 4.99 Å². The van der Waals surface area contributed by atoms with Gasteiger partial charge >= 0.3 is 6.18 Å². The van der Waals surface area contributed by atoms with Gasteiger partial charge in [0.05, 0.1) is 11.1 Å². The first kappa shape index (κ1) is 23.7. The predicted octanol–water partition coefficient (Wildman–Crippen LogP) is 5.50. The van der Waals surface area contributed by atoms with Crippen LogP contribution in [-0.4, -0.2) is 53.8 Å². The number of piperazine rings is 1. The van der Waals surface area contributed by atoms with E-state index in [1.54, 1.807) is 29.2 Å². The van der Waals surface area contributed by atoms with Gasteiger partial charge in [0, 0.05) is 25.7 Å². The van der Waals surface area contributed by atoms with E-state index in [2.05, 4.69) is 0 Å². The quantitative estimate of drug-likeness (QED) is 0.482. The predicted molar refractivity (Wildman–Crippen MR) is 129 cm³/mol. The first-order valence-electron chi connectivity index (χ1n) is 11.6. The fourth-order valence-electron chi connectivity index (χ4n) is 4.40. The molecule has 1 atom stereocenters. The van der Waals surface area contributed by atoms with Crippen LogP contribution in [0, 0.1) is 0 Å². The summed E-state index contributed by atoms with van der Waals surface area (Å²) in [6.45, 7) is 3.36. The summed E-state index contributed by atoms with van der Waals surface area (Å²) >= 11 is 0. The molecule has 1 saturated heterocycles. The third-order valence-corrected chi connectivity index (χ3v) is 6.21. The number of hydrogen-bond acceptors (Lipinski definition) is 5. The van der Waals surface area contributed by atoms with Crippen LogP contribution in [0.25, 0.3) is 0 Å². The van der Waals surface area contributed by atoms with Gasteiger partial charge in [0.1, 0.15) is 23.0 Å². The van der Waals surface area contributed by atoms with E-state index in [0.29, 0.717) is 48.2 Å². The number of carbonyl (C=O) groups excluding carboxylic acids is 1. The number of ether oxygens (including phenoxy) is 2. The molecule has 0 unspecified atom stereocenters. The van der Waals surface area contributed by atoms with Crippen LogP contribution in [0.15, 0.2) is 77.8 Å². The number of para-hydroxylation sites is 2. The van der Waals surface area contributed by atoms with Gasteiger partial charge in [-0.05, 0) is 49.4 Å². The minimum Gasteiger partial charge on any atom is -0.484 e. The SMILES string of the molecule is C[C@H]1CN(C2=Nc3ccc(C(F)(F)F)cc3Oc3ccccc32)CCN1C(=O)COc1ccccc1. The molecule has 0 N–H and O–H groups in total. The molecule has 36 heavy (non-hydrogen) atoms. The molecular formula is C27H24F3N3O3. The van der Waals surface area contributed by atoms with Gasteiger partial charge in [-0.1, -0.05) is 30.3 Å². The van der Waals surface area contributed by atoms with E-state index < -0.39 is 11.7 Å². The van der Waals surface area contributed by atoms with Crippen molar-refractivity contribution in [1.29, 1.82) is 0 Å². The molecule has 9 heteroatoms. The second-order valence-electron chi connectivity index (χ2n) is 8.70. The van der Waals surface area contributed by atoms with Crippen molar-refractivity contribution in [3.05, 3.63) is 83.9 Å². The van der Waals surface area contributed by atoms with Crippen LogP contribution in [0.2, 0.25) is 0 Å². The number of amides is 1. The molecule has 2 aliphatic heterocycles. The Balaban J connectivity index is 1.37. The second kappa shape index (κ2) is 9.56. The van der Waals surface area contributed by atoms with Crippen LogP contribution in [0.3, 0.4) is 0 Å². The lowest BCUT2D eigenvalue weighted by Crippen LogP contribution is -2.56. The van der Waals surface area contributed by atoms with Crippen LogP contribution in [0.5, 0.6) is 17.2 Å². The summed E-state index contributed by atoms with van der Waals surface area (Å²) in [5, 5.41) is 0. The summed E-state index contributed by atoms with van der Waals surface area (Å²) in [5.74, 6) is 1.60. The number of benzene rings is 3. The van der Waals surface area contributed by atoms with Crippen molar-refractivity contribution in [3.63, 3.8) is 0 Å². The molecule has 3 aromatic rings. The van der Waals surface area contributed by atoms with E-state index in [-0.39, 0.29) is 24.3 Å². The molecule has 1 fully saturated rings. The Hall–Kier alpha value is -4.01. The molecule has 2 aliphatic rings. The molecule has 0 bridgehead atoms. The lowest BCUT2D eigenvalue weighted by Gasteiger charge is -2.41. The minimum atomic E-state index is -4.49. The molecule has 2 heterocycles. The van der Waals surface area contributed by atoms with Crippen LogP contribution >= 0.6 is 0 Å². The highest BCUT2D eigenvalue weighted by molar-refractivity contribution is 6.04. The molecule has 0 radical (unpaired) electrons. The van der Waals surface area contributed by atoms with Crippen molar-refractivity contribution < 1.29 is 27.4 Å². The van der Waals surface area contributed by atoms with E-state index in [1.165, 1.54) is 6.07 Å². The number of hydrogen-bond donors (Lipinski definition) is 0. The Bertz CT molecular complexity index is 1290. The normalized spacial score (nSPS) is 17.3. The largest absolute Gasteiger partial charge is 0.484 e. The van der Waals surface area contributed by atoms with E-state index in [1.807, 2.05) is 42.2 Å². The molecule has 0 saturated carbocycles. The van der Waals surface area contributed by atoms with Gasteiger partial charge in [0.2, 0.25) is 0 Å². The number of carbonyl (C=O) groups is 1. The number of rotatable bonds is 3. The lowest BCUT2D eigenvalue weighted by molar-refractivity contribution is -0.138. The topological polar surface area (TPSA) is 54.4 Å². The highest BCUT2D eigenvalue weighted by atomic mass is 19.4. The van der Waals surface area contributed by atoms with Gasteiger partial charge in [-0.2, -0.15) is 13.2 Å².